The van der Waals surface area contributed by atoms with Crippen LogP contribution in [0.4, 0.5) is 5.69 Å². The minimum Gasteiger partial charge on any atom is -0.481 e. The maximum absolute atomic E-state index is 12.5. The Kier molecular flexibility index (Phi) is 7.21. The minimum atomic E-state index is -0.602. The standard InChI is InChI=1S/C21H26N2O3/c1-4-12-22-20(24)16-9-7-10-17(14-16)23-21(25)19(5-2)26-18-11-6-8-15(3)13-18/h6-11,13-14,19H,4-5,12H2,1-3H3,(H,22,24)(H,23,25). The van der Waals surface area contributed by atoms with Crippen molar-refractivity contribution in [2.45, 2.75) is 39.7 Å². The number of benzene rings is 2. The van der Waals surface area contributed by atoms with E-state index in [2.05, 4.69) is 10.6 Å². The molecule has 1 unspecified atom stereocenters. The fourth-order valence-electron chi connectivity index (χ4n) is 2.48. The molecule has 0 aliphatic rings. The number of amides is 2. The topological polar surface area (TPSA) is 67.4 Å². The van der Waals surface area contributed by atoms with Gasteiger partial charge in [-0.25, -0.2) is 0 Å². The lowest BCUT2D eigenvalue weighted by Gasteiger charge is -2.18. The number of anilines is 1. The molecule has 2 amide bonds. The molecule has 1 atom stereocenters. The maximum Gasteiger partial charge on any atom is 0.265 e. The fraction of sp³-hybridized carbons (Fsp3) is 0.333. The van der Waals surface area contributed by atoms with Gasteiger partial charge in [0.25, 0.3) is 11.8 Å². The first-order chi connectivity index (χ1) is 12.5. The van der Waals surface area contributed by atoms with E-state index in [9.17, 15) is 9.59 Å². The molecule has 2 aromatic carbocycles. The highest BCUT2D eigenvalue weighted by Crippen LogP contribution is 2.17. The highest BCUT2D eigenvalue weighted by molar-refractivity contribution is 5.98. The van der Waals surface area contributed by atoms with E-state index in [1.807, 2.05) is 45.0 Å². The maximum atomic E-state index is 12.5. The van der Waals surface area contributed by atoms with E-state index in [1.54, 1.807) is 24.3 Å². The Labute approximate surface area is 154 Å². The van der Waals surface area contributed by atoms with Gasteiger partial charge >= 0.3 is 0 Å². The molecule has 0 radical (unpaired) electrons. The summed E-state index contributed by atoms with van der Waals surface area (Å²) in [6.07, 6.45) is 0.807. The molecular formula is C21H26N2O3. The number of ether oxygens (including phenoxy) is 1. The van der Waals surface area contributed by atoms with Gasteiger partial charge < -0.3 is 15.4 Å². The predicted octanol–water partition coefficient (Wildman–Crippen LogP) is 3.93. The van der Waals surface area contributed by atoms with E-state index in [0.717, 1.165) is 12.0 Å². The van der Waals surface area contributed by atoms with Gasteiger partial charge in [-0.1, -0.05) is 32.0 Å². The Morgan fingerprint density at radius 1 is 1.08 bits per heavy atom. The second-order valence-corrected chi connectivity index (χ2v) is 6.16. The molecule has 0 aliphatic heterocycles. The van der Waals surface area contributed by atoms with E-state index in [-0.39, 0.29) is 11.8 Å². The van der Waals surface area contributed by atoms with Crippen molar-refractivity contribution in [3.05, 3.63) is 59.7 Å². The van der Waals surface area contributed by atoms with Crippen LogP contribution in [0.3, 0.4) is 0 Å². The zero-order valence-corrected chi connectivity index (χ0v) is 15.5. The van der Waals surface area contributed by atoms with Crippen molar-refractivity contribution in [2.75, 3.05) is 11.9 Å². The van der Waals surface area contributed by atoms with Crippen LogP contribution in [-0.4, -0.2) is 24.5 Å². The second-order valence-electron chi connectivity index (χ2n) is 6.16. The summed E-state index contributed by atoms with van der Waals surface area (Å²) >= 11 is 0. The summed E-state index contributed by atoms with van der Waals surface area (Å²) in [7, 11) is 0. The zero-order valence-electron chi connectivity index (χ0n) is 15.5. The molecule has 0 saturated carbocycles. The molecule has 5 heteroatoms. The Hall–Kier alpha value is -2.82. The lowest BCUT2D eigenvalue weighted by Crippen LogP contribution is -2.32. The molecule has 0 spiro atoms. The summed E-state index contributed by atoms with van der Waals surface area (Å²) in [5.74, 6) is 0.283. The molecular weight excluding hydrogens is 328 g/mol. The average Bonchev–Trinajstić information content (AvgIpc) is 2.64. The minimum absolute atomic E-state index is 0.147. The van der Waals surface area contributed by atoms with Crippen molar-refractivity contribution < 1.29 is 14.3 Å². The van der Waals surface area contributed by atoms with Gasteiger partial charge in [0.15, 0.2) is 6.10 Å². The number of hydrogen-bond donors (Lipinski definition) is 2. The van der Waals surface area contributed by atoms with Crippen molar-refractivity contribution in [2.24, 2.45) is 0 Å². The number of hydrogen-bond acceptors (Lipinski definition) is 3. The highest BCUT2D eigenvalue weighted by atomic mass is 16.5. The first-order valence-corrected chi connectivity index (χ1v) is 8.96. The number of nitrogens with one attached hydrogen (secondary N) is 2. The number of rotatable bonds is 8. The highest BCUT2D eigenvalue weighted by Gasteiger charge is 2.19. The van der Waals surface area contributed by atoms with Crippen LogP contribution in [0.2, 0.25) is 0 Å². The van der Waals surface area contributed by atoms with Crippen molar-refractivity contribution in [3.63, 3.8) is 0 Å². The van der Waals surface area contributed by atoms with Gasteiger partial charge in [-0.15, -0.1) is 0 Å². The van der Waals surface area contributed by atoms with E-state index < -0.39 is 6.10 Å². The van der Waals surface area contributed by atoms with Crippen LogP contribution < -0.4 is 15.4 Å². The summed E-state index contributed by atoms with van der Waals surface area (Å²) in [5.41, 5.74) is 2.16. The van der Waals surface area contributed by atoms with Crippen molar-refractivity contribution in [3.8, 4) is 5.75 Å². The number of carbonyl (C=O) groups is 2. The summed E-state index contributed by atoms with van der Waals surface area (Å²) in [6.45, 7) is 6.49. The molecule has 0 aliphatic carbocycles. The van der Waals surface area contributed by atoms with E-state index in [1.165, 1.54) is 0 Å². The lowest BCUT2D eigenvalue weighted by molar-refractivity contribution is -0.122. The van der Waals surface area contributed by atoms with Gasteiger partial charge in [0.05, 0.1) is 0 Å². The zero-order chi connectivity index (χ0) is 18.9. The van der Waals surface area contributed by atoms with Crippen LogP contribution in [0, 0.1) is 6.92 Å². The first-order valence-electron chi connectivity index (χ1n) is 8.96. The summed E-state index contributed by atoms with van der Waals surface area (Å²) in [6, 6.07) is 14.5. The molecule has 5 nitrogen and oxygen atoms in total. The SMILES string of the molecule is CCCNC(=O)c1cccc(NC(=O)C(CC)Oc2cccc(C)c2)c1. The molecule has 2 N–H and O–H groups in total. The van der Waals surface area contributed by atoms with Crippen LogP contribution in [0.1, 0.15) is 42.6 Å². The smallest absolute Gasteiger partial charge is 0.265 e. The molecule has 26 heavy (non-hydrogen) atoms. The summed E-state index contributed by atoms with van der Waals surface area (Å²) in [5, 5.41) is 5.66. The molecule has 0 bridgehead atoms. The van der Waals surface area contributed by atoms with Crippen LogP contribution in [0.5, 0.6) is 5.75 Å². The van der Waals surface area contributed by atoms with Crippen LogP contribution in [-0.2, 0) is 4.79 Å². The van der Waals surface area contributed by atoms with E-state index in [4.69, 9.17) is 4.74 Å². The molecule has 2 aromatic rings. The second kappa shape index (κ2) is 9.61. The molecule has 0 saturated heterocycles. The Morgan fingerprint density at radius 3 is 2.54 bits per heavy atom. The average molecular weight is 354 g/mol. The normalized spacial score (nSPS) is 11.5. The Bertz CT molecular complexity index is 758. The third-order valence-electron chi connectivity index (χ3n) is 3.86. The first kappa shape index (κ1) is 19.5. The largest absolute Gasteiger partial charge is 0.481 e. The van der Waals surface area contributed by atoms with Gasteiger partial charge in [-0.3, -0.25) is 9.59 Å². The monoisotopic (exact) mass is 354 g/mol. The lowest BCUT2D eigenvalue weighted by atomic mass is 10.1. The predicted molar refractivity (Wildman–Crippen MR) is 104 cm³/mol. The fourth-order valence-corrected chi connectivity index (χ4v) is 2.48. The quantitative estimate of drug-likeness (QED) is 0.755. The molecule has 138 valence electrons. The van der Waals surface area contributed by atoms with Gasteiger partial charge in [0, 0.05) is 17.8 Å². The van der Waals surface area contributed by atoms with E-state index in [0.29, 0.717) is 30.0 Å². The van der Waals surface area contributed by atoms with Gasteiger partial charge in [0.1, 0.15) is 5.75 Å². The molecule has 0 fully saturated rings. The third-order valence-corrected chi connectivity index (χ3v) is 3.86. The Balaban J connectivity index is 2.04. The van der Waals surface area contributed by atoms with Gasteiger partial charge in [0.2, 0.25) is 0 Å². The van der Waals surface area contributed by atoms with Crippen molar-refractivity contribution in [1.29, 1.82) is 0 Å². The summed E-state index contributed by atoms with van der Waals surface area (Å²) < 4.78 is 5.82. The Morgan fingerprint density at radius 2 is 1.85 bits per heavy atom. The van der Waals surface area contributed by atoms with E-state index >= 15 is 0 Å². The molecule has 2 rings (SSSR count). The third kappa shape index (κ3) is 5.62. The molecule has 0 heterocycles. The van der Waals surface area contributed by atoms with Gasteiger partial charge in [-0.2, -0.15) is 0 Å². The summed E-state index contributed by atoms with van der Waals surface area (Å²) in [4.78, 5) is 24.6. The van der Waals surface area contributed by atoms with Crippen molar-refractivity contribution in [1.82, 2.24) is 5.32 Å². The van der Waals surface area contributed by atoms with Crippen LogP contribution in [0.15, 0.2) is 48.5 Å². The molecule has 0 aromatic heterocycles. The van der Waals surface area contributed by atoms with Crippen LogP contribution in [0.25, 0.3) is 0 Å². The number of aryl methyl sites for hydroxylation is 1. The number of carbonyl (C=O) groups excluding carboxylic acids is 2. The van der Waals surface area contributed by atoms with Crippen LogP contribution >= 0.6 is 0 Å². The van der Waals surface area contributed by atoms with Crippen molar-refractivity contribution >= 4 is 17.5 Å². The van der Waals surface area contributed by atoms with Gasteiger partial charge in [-0.05, 0) is 55.7 Å².